The summed E-state index contributed by atoms with van der Waals surface area (Å²) in [6.45, 7) is 0. The van der Waals surface area contributed by atoms with E-state index in [1.165, 1.54) is 38.9 Å². The van der Waals surface area contributed by atoms with Crippen molar-refractivity contribution in [2.75, 3.05) is 0 Å². The van der Waals surface area contributed by atoms with Crippen LogP contribution in [0.2, 0.25) is 0 Å². The molecule has 11 aromatic rings. The molecule has 3 nitrogen and oxygen atoms in total. The van der Waals surface area contributed by atoms with Crippen LogP contribution in [-0.4, -0.2) is 9.97 Å². The topological polar surface area (TPSA) is 38.9 Å². The van der Waals surface area contributed by atoms with Gasteiger partial charge in [0.1, 0.15) is 11.2 Å². The predicted molar refractivity (Wildman–Crippen MR) is 254 cm³/mol. The molecule has 12 rings (SSSR count). The Morgan fingerprint density at radius 1 is 0.323 bits per heavy atom. The minimum atomic E-state index is -0.468. The fraction of sp³-hybridized carbons (Fsp3) is 0.0169. The highest BCUT2D eigenvalue weighted by atomic mass is 16.3. The second kappa shape index (κ2) is 14.5. The van der Waals surface area contributed by atoms with Crippen LogP contribution in [0.1, 0.15) is 22.3 Å². The van der Waals surface area contributed by atoms with Crippen LogP contribution >= 0.6 is 0 Å². The number of aromatic nitrogens is 2. The van der Waals surface area contributed by atoms with Crippen molar-refractivity contribution in [1.82, 2.24) is 9.97 Å². The van der Waals surface area contributed by atoms with Crippen LogP contribution in [0.5, 0.6) is 0 Å². The highest BCUT2D eigenvalue weighted by Gasteiger charge is 2.46. The van der Waals surface area contributed by atoms with Crippen LogP contribution in [0.3, 0.4) is 0 Å². The lowest BCUT2D eigenvalue weighted by atomic mass is 9.67. The van der Waals surface area contributed by atoms with E-state index in [0.29, 0.717) is 5.82 Å². The lowest BCUT2D eigenvalue weighted by Gasteiger charge is -2.34. The average Bonchev–Trinajstić information content (AvgIpc) is 3.88. The third-order valence-corrected chi connectivity index (χ3v) is 12.6. The highest BCUT2D eigenvalue weighted by molar-refractivity contribution is 6.06. The first-order valence-electron chi connectivity index (χ1n) is 21.1. The SMILES string of the molecule is c1ccc(-c2nc(-c3ccc(-c4ccc5oc6ccccc6c5c4)cc3)cc(-c3cccc(-c4cccc5c4-c4ccccc4C5(c4ccccc4)c4ccccc4)c3)n2)cc1. The zero-order valence-electron chi connectivity index (χ0n) is 33.7. The Morgan fingerprint density at radius 3 is 1.65 bits per heavy atom. The summed E-state index contributed by atoms with van der Waals surface area (Å²) in [5, 5.41) is 2.25. The van der Waals surface area contributed by atoms with Gasteiger partial charge in [0.2, 0.25) is 0 Å². The van der Waals surface area contributed by atoms with Gasteiger partial charge in [-0.05, 0) is 86.0 Å². The van der Waals surface area contributed by atoms with Crippen molar-refractivity contribution in [2.45, 2.75) is 5.41 Å². The second-order valence-electron chi connectivity index (χ2n) is 16.1. The number of hydrogen-bond donors (Lipinski definition) is 0. The van der Waals surface area contributed by atoms with Crippen LogP contribution in [0.4, 0.5) is 0 Å². The van der Waals surface area contributed by atoms with E-state index < -0.39 is 5.41 Å². The fourth-order valence-corrected chi connectivity index (χ4v) is 9.78. The van der Waals surface area contributed by atoms with Crippen LogP contribution in [0.25, 0.3) is 89.2 Å². The van der Waals surface area contributed by atoms with E-state index in [2.05, 4.69) is 200 Å². The van der Waals surface area contributed by atoms with Gasteiger partial charge in [-0.25, -0.2) is 9.97 Å². The van der Waals surface area contributed by atoms with Crippen molar-refractivity contribution in [1.29, 1.82) is 0 Å². The molecule has 0 atom stereocenters. The highest BCUT2D eigenvalue weighted by Crippen LogP contribution is 2.58. The second-order valence-corrected chi connectivity index (χ2v) is 16.1. The van der Waals surface area contributed by atoms with Gasteiger partial charge in [0, 0.05) is 27.5 Å². The molecule has 0 amide bonds. The molecule has 2 aromatic heterocycles. The van der Waals surface area contributed by atoms with Crippen molar-refractivity contribution in [3.8, 4) is 67.3 Å². The molecule has 0 spiro atoms. The van der Waals surface area contributed by atoms with Crippen molar-refractivity contribution in [2.24, 2.45) is 0 Å². The summed E-state index contributed by atoms with van der Waals surface area (Å²) in [7, 11) is 0. The third kappa shape index (κ3) is 5.74. The molecule has 3 heteroatoms. The summed E-state index contributed by atoms with van der Waals surface area (Å²) in [5.74, 6) is 0.690. The number of hydrogen-bond acceptors (Lipinski definition) is 3. The summed E-state index contributed by atoms with van der Waals surface area (Å²) in [6, 6.07) is 82.3. The average molecular weight is 791 g/mol. The number of benzene rings is 9. The Balaban J connectivity index is 0.977. The predicted octanol–water partition coefficient (Wildman–Crippen LogP) is 15.1. The summed E-state index contributed by atoms with van der Waals surface area (Å²) < 4.78 is 6.11. The van der Waals surface area contributed by atoms with Gasteiger partial charge >= 0.3 is 0 Å². The molecule has 0 unspecified atom stereocenters. The summed E-state index contributed by atoms with van der Waals surface area (Å²) in [6.07, 6.45) is 0. The summed E-state index contributed by atoms with van der Waals surface area (Å²) in [5.41, 5.74) is 18.3. The Labute approximate surface area is 360 Å². The molecular formula is C59H38N2O. The first-order chi connectivity index (χ1) is 30.7. The Hall–Kier alpha value is -8.14. The molecule has 290 valence electrons. The van der Waals surface area contributed by atoms with Gasteiger partial charge < -0.3 is 4.42 Å². The molecule has 0 bridgehead atoms. The maximum atomic E-state index is 6.11. The summed E-state index contributed by atoms with van der Waals surface area (Å²) >= 11 is 0. The molecule has 0 saturated carbocycles. The molecule has 2 heterocycles. The number of fused-ring (bicyclic) bond motifs is 6. The van der Waals surface area contributed by atoms with Crippen LogP contribution in [-0.2, 0) is 5.41 Å². The molecule has 0 radical (unpaired) electrons. The maximum Gasteiger partial charge on any atom is 0.160 e. The third-order valence-electron chi connectivity index (χ3n) is 12.6. The van der Waals surface area contributed by atoms with Crippen molar-refractivity contribution in [3.63, 3.8) is 0 Å². The van der Waals surface area contributed by atoms with E-state index in [1.807, 2.05) is 30.3 Å². The fourth-order valence-electron chi connectivity index (χ4n) is 9.78. The molecule has 0 aliphatic heterocycles. The minimum absolute atomic E-state index is 0.468. The van der Waals surface area contributed by atoms with Crippen molar-refractivity contribution < 1.29 is 4.42 Å². The van der Waals surface area contributed by atoms with Crippen LogP contribution in [0.15, 0.2) is 235 Å². The lowest BCUT2D eigenvalue weighted by molar-refractivity contribution is 0.669. The first kappa shape index (κ1) is 35.8. The number of rotatable bonds is 7. The quantitative estimate of drug-likeness (QED) is 0.161. The smallest absolute Gasteiger partial charge is 0.160 e. The van der Waals surface area contributed by atoms with Crippen LogP contribution < -0.4 is 0 Å². The van der Waals surface area contributed by atoms with E-state index in [1.54, 1.807) is 0 Å². The monoisotopic (exact) mass is 790 g/mol. The van der Waals surface area contributed by atoms with Gasteiger partial charge in [-0.3, -0.25) is 0 Å². The number of furan rings is 1. The van der Waals surface area contributed by atoms with E-state index in [0.717, 1.165) is 66.7 Å². The van der Waals surface area contributed by atoms with Gasteiger partial charge in [-0.1, -0.05) is 200 Å². The van der Waals surface area contributed by atoms with Gasteiger partial charge in [0.15, 0.2) is 5.82 Å². The van der Waals surface area contributed by atoms with Gasteiger partial charge in [-0.15, -0.1) is 0 Å². The van der Waals surface area contributed by atoms with E-state index in [-0.39, 0.29) is 0 Å². The largest absolute Gasteiger partial charge is 0.456 e. The Morgan fingerprint density at radius 2 is 0.871 bits per heavy atom. The molecule has 9 aromatic carbocycles. The van der Waals surface area contributed by atoms with Gasteiger partial charge in [-0.2, -0.15) is 0 Å². The number of para-hydroxylation sites is 1. The Kier molecular flexibility index (Phi) is 8.39. The standard InChI is InChI=1S/C59H38N2O/c1-4-16-41(17-5-1)58-60-53(40-32-30-39(31-33-40)42-34-35-56-50(37-42)48-24-11-13-29-55(48)62-56)38-54(61-58)44-19-14-18-43(36-44)47-26-15-28-52-57(47)49-25-10-12-27-51(49)59(52,45-20-6-2-7-21-45)46-22-8-3-9-23-46/h1-38H. The molecule has 1 aliphatic rings. The van der Waals surface area contributed by atoms with Crippen molar-refractivity contribution in [3.05, 3.63) is 253 Å². The molecular weight excluding hydrogens is 753 g/mol. The van der Waals surface area contributed by atoms with Gasteiger partial charge in [0.25, 0.3) is 0 Å². The molecule has 0 fully saturated rings. The molecule has 62 heavy (non-hydrogen) atoms. The van der Waals surface area contributed by atoms with Crippen LogP contribution in [0, 0.1) is 0 Å². The summed E-state index contributed by atoms with van der Waals surface area (Å²) in [4.78, 5) is 10.4. The molecule has 0 saturated heterocycles. The zero-order valence-corrected chi connectivity index (χ0v) is 33.7. The lowest BCUT2D eigenvalue weighted by Crippen LogP contribution is -2.28. The van der Waals surface area contributed by atoms with Gasteiger partial charge in [0.05, 0.1) is 16.8 Å². The normalized spacial score (nSPS) is 12.6. The molecule has 1 aliphatic carbocycles. The number of nitrogens with zero attached hydrogens (tertiary/aromatic N) is 2. The van der Waals surface area contributed by atoms with E-state index >= 15 is 0 Å². The minimum Gasteiger partial charge on any atom is -0.456 e. The molecule has 0 N–H and O–H groups in total. The Bertz CT molecular complexity index is 3400. The first-order valence-corrected chi connectivity index (χ1v) is 21.1. The maximum absolute atomic E-state index is 6.11. The van der Waals surface area contributed by atoms with E-state index in [9.17, 15) is 0 Å². The van der Waals surface area contributed by atoms with Crippen molar-refractivity contribution >= 4 is 21.9 Å². The zero-order chi connectivity index (χ0) is 41.0. The van der Waals surface area contributed by atoms with E-state index in [4.69, 9.17) is 14.4 Å².